The third-order valence-electron chi connectivity index (χ3n) is 4.85. The lowest BCUT2D eigenvalue weighted by Gasteiger charge is -2.33. The molecule has 0 aliphatic carbocycles. The normalized spacial score (nSPS) is 17.3. The summed E-state index contributed by atoms with van der Waals surface area (Å²) >= 11 is 0. The monoisotopic (exact) mass is 370 g/mol. The molecule has 0 aromatic heterocycles. The summed E-state index contributed by atoms with van der Waals surface area (Å²) in [5, 5.41) is 13.4. The molecular formula is C21H26N2O4. The van der Waals surface area contributed by atoms with Crippen molar-refractivity contribution >= 4 is 5.91 Å². The molecule has 1 atom stereocenters. The molecule has 0 spiro atoms. The molecule has 1 heterocycles. The highest BCUT2D eigenvalue weighted by molar-refractivity contribution is 5.98. The number of nitrogens with one attached hydrogen (secondary N) is 1. The zero-order valence-corrected chi connectivity index (χ0v) is 15.8. The maximum absolute atomic E-state index is 12.7. The number of phenols is 1. The van der Waals surface area contributed by atoms with Crippen LogP contribution in [0.3, 0.4) is 0 Å². The first kappa shape index (κ1) is 19.0. The van der Waals surface area contributed by atoms with Crippen molar-refractivity contribution in [1.82, 2.24) is 10.2 Å². The van der Waals surface area contributed by atoms with Crippen LogP contribution in [0.4, 0.5) is 0 Å². The second-order valence-electron chi connectivity index (χ2n) is 6.73. The molecule has 1 aliphatic rings. The quantitative estimate of drug-likeness (QED) is 0.818. The van der Waals surface area contributed by atoms with E-state index in [4.69, 9.17) is 9.47 Å². The lowest BCUT2D eigenvalue weighted by Crippen LogP contribution is -2.47. The fourth-order valence-corrected chi connectivity index (χ4v) is 3.52. The number of methoxy groups -OCH3 is 2. The lowest BCUT2D eigenvalue weighted by molar-refractivity contribution is 0.0897. The number of amides is 1. The third kappa shape index (κ3) is 4.52. The van der Waals surface area contributed by atoms with E-state index in [-0.39, 0.29) is 29.0 Å². The van der Waals surface area contributed by atoms with E-state index in [1.165, 1.54) is 19.8 Å². The summed E-state index contributed by atoms with van der Waals surface area (Å²) in [6.45, 7) is 2.67. The largest absolute Gasteiger partial charge is 0.504 e. The molecule has 0 unspecified atom stereocenters. The first-order valence-corrected chi connectivity index (χ1v) is 9.13. The highest BCUT2D eigenvalue weighted by Gasteiger charge is 2.24. The summed E-state index contributed by atoms with van der Waals surface area (Å²) in [6.07, 6.45) is 1.95. The number of hydrogen-bond acceptors (Lipinski definition) is 5. The van der Waals surface area contributed by atoms with Gasteiger partial charge < -0.3 is 19.9 Å². The Labute approximate surface area is 159 Å². The predicted molar refractivity (Wildman–Crippen MR) is 103 cm³/mol. The van der Waals surface area contributed by atoms with Crippen molar-refractivity contribution in [3.05, 3.63) is 53.6 Å². The van der Waals surface area contributed by atoms with Gasteiger partial charge >= 0.3 is 0 Å². The average molecular weight is 370 g/mol. The highest BCUT2D eigenvalue weighted by Crippen LogP contribution is 2.38. The number of nitrogens with zero attached hydrogens (tertiary/aromatic N) is 1. The van der Waals surface area contributed by atoms with Gasteiger partial charge in [0, 0.05) is 19.1 Å². The smallest absolute Gasteiger partial charge is 0.255 e. The second kappa shape index (κ2) is 8.77. The zero-order chi connectivity index (χ0) is 19.2. The fraction of sp³-hybridized carbons (Fsp3) is 0.381. The van der Waals surface area contributed by atoms with Gasteiger partial charge in [-0.3, -0.25) is 9.69 Å². The second-order valence-corrected chi connectivity index (χ2v) is 6.73. The van der Waals surface area contributed by atoms with Crippen molar-refractivity contribution in [2.45, 2.75) is 25.4 Å². The first-order chi connectivity index (χ1) is 13.1. The van der Waals surface area contributed by atoms with Crippen LogP contribution >= 0.6 is 0 Å². The Hall–Kier alpha value is -2.73. The van der Waals surface area contributed by atoms with E-state index in [9.17, 15) is 9.90 Å². The van der Waals surface area contributed by atoms with E-state index in [2.05, 4.69) is 22.3 Å². The standard InChI is InChI=1S/C21H26N2O4/c1-26-18-11-10-17(19(24)20(18)27-2)21(25)22-16-9-6-12-23(14-16)13-15-7-4-3-5-8-15/h3-5,7-8,10-11,16,24H,6,9,12-14H2,1-2H3,(H,22,25)/t16-/m0/s1. The maximum atomic E-state index is 12.7. The van der Waals surface area contributed by atoms with Crippen molar-refractivity contribution in [3.8, 4) is 17.2 Å². The topological polar surface area (TPSA) is 71.0 Å². The Balaban J connectivity index is 1.65. The number of ether oxygens (including phenoxy) is 2. The molecule has 2 aromatic carbocycles. The third-order valence-corrected chi connectivity index (χ3v) is 4.85. The molecule has 2 N–H and O–H groups in total. The summed E-state index contributed by atoms with van der Waals surface area (Å²) in [4.78, 5) is 15.0. The molecule has 1 saturated heterocycles. The molecule has 0 radical (unpaired) electrons. The van der Waals surface area contributed by atoms with Crippen LogP contribution in [0.25, 0.3) is 0 Å². The molecule has 6 nitrogen and oxygen atoms in total. The number of likely N-dealkylation sites (tertiary alicyclic amines) is 1. The number of phenolic OH excluding ortho intramolecular Hbond substituents is 1. The molecule has 1 amide bonds. The van der Waals surface area contributed by atoms with Gasteiger partial charge in [-0.05, 0) is 37.1 Å². The van der Waals surface area contributed by atoms with Crippen LogP contribution in [0, 0.1) is 0 Å². The number of carbonyl (C=O) groups excluding carboxylic acids is 1. The van der Waals surface area contributed by atoms with E-state index >= 15 is 0 Å². The van der Waals surface area contributed by atoms with Crippen molar-refractivity contribution in [2.24, 2.45) is 0 Å². The van der Waals surface area contributed by atoms with E-state index < -0.39 is 0 Å². The summed E-state index contributed by atoms with van der Waals surface area (Å²) in [5.41, 5.74) is 1.45. The van der Waals surface area contributed by atoms with Crippen molar-refractivity contribution in [3.63, 3.8) is 0 Å². The molecule has 27 heavy (non-hydrogen) atoms. The summed E-state index contributed by atoms with van der Waals surface area (Å²) in [5.74, 6) is 0.0454. The van der Waals surface area contributed by atoms with E-state index in [1.807, 2.05) is 18.2 Å². The van der Waals surface area contributed by atoms with Crippen LogP contribution in [0.15, 0.2) is 42.5 Å². The Morgan fingerprint density at radius 1 is 1.19 bits per heavy atom. The minimum absolute atomic E-state index is 0.0439. The predicted octanol–water partition coefficient (Wildman–Crippen LogP) is 2.80. The van der Waals surface area contributed by atoms with Crippen LogP contribution in [0.2, 0.25) is 0 Å². The van der Waals surface area contributed by atoms with Crippen LogP contribution < -0.4 is 14.8 Å². The number of aromatic hydroxyl groups is 1. The van der Waals surface area contributed by atoms with Crippen molar-refractivity contribution in [2.75, 3.05) is 27.3 Å². The van der Waals surface area contributed by atoms with Gasteiger partial charge in [0.05, 0.1) is 19.8 Å². The molecule has 2 aromatic rings. The Bertz CT molecular complexity index is 779. The van der Waals surface area contributed by atoms with Gasteiger partial charge in [-0.25, -0.2) is 0 Å². The molecule has 0 bridgehead atoms. The van der Waals surface area contributed by atoms with E-state index in [0.717, 1.165) is 32.5 Å². The van der Waals surface area contributed by atoms with Gasteiger partial charge in [-0.1, -0.05) is 30.3 Å². The van der Waals surface area contributed by atoms with E-state index in [0.29, 0.717) is 5.75 Å². The molecular weight excluding hydrogens is 344 g/mol. The molecule has 1 aliphatic heterocycles. The molecule has 0 saturated carbocycles. The first-order valence-electron chi connectivity index (χ1n) is 9.13. The fourth-order valence-electron chi connectivity index (χ4n) is 3.52. The lowest BCUT2D eigenvalue weighted by atomic mass is 10.0. The summed E-state index contributed by atoms with van der Waals surface area (Å²) < 4.78 is 10.3. The average Bonchev–Trinajstić information content (AvgIpc) is 2.68. The molecule has 1 fully saturated rings. The number of piperidine rings is 1. The van der Waals surface area contributed by atoms with Gasteiger partial charge in [-0.2, -0.15) is 0 Å². The van der Waals surface area contributed by atoms with Gasteiger partial charge in [0.1, 0.15) is 0 Å². The van der Waals surface area contributed by atoms with Crippen LogP contribution in [-0.2, 0) is 6.54 Å². The van der Waals surface area contributed by atoms with Crippen molar-refractivity contribution in [1.29, 1.82) is 0 Å². The van der Waals surface area contributed by atoms with Gasteiger partial charge in [0.25, 0.3) is 5.91 Å². The SMILES string of the molecule is COc1ccc(C(=O)N[C@H]2CCCN(Cc3ccccc3)C2)c(O)c1OC. The summed E-state index contributed by atoms with van der Waals surface area (Å²) in [6, 6.07) is 13.5. The Kier molecular flexibility index (Phi) is 6.19. The number of benzene rings is 2. The van der Waals surface area contributed by atoms with Gasteiger partial charge in [0.15, 0.2) is 11.5 Å². The van der Waals surface area contributed by atoms with Crippen LogP contribution in [-0.4, -0.2) is 49.3 Å². The Morgan fingerprint density at radius 2 is 1.96 bits per heavy atom. The minimum atomic E-state index is -0.306. The minimum Gasteiger partial charge on any atom is -0.504 e. The molecule has 6 heteroatoms. The number of rotatable bonds is 6. The van der Waals surface area contributed by atoms with Gasteiger partial charge in [0.2, 0.25) is 5.75 Å². The van der Waals surface area contributed by atoms with Crippen LogP contribution in [0.1, 0.15) is 28.8 Å². The molecule has 144 valence electrons. The summed E-state index contributed by atoms with van der Waals surface area (Å²) in [7, 11) is 2.92. The van der Waals surface area contributed by atoms with Crippen LogP contribution in [0.5, 0.6) is 17.2 Å². The highest BCUT2D eigenvalue weighted by atomic mass is 16.5. The number of carbonyl (C=O) groups is 1. The van der Waals surface area contributed by atoms with Gasteiger partial charge in [-0.15, -0.1) is 0 Å². The maximum Gasteiger partial charge on any atom is 0.255 e. The zero-order valence-electron chi connectivity index (χ0n) is 15.8. The Morgan fingerprint density at radius 3 is 2.67 bits per heavy atom. The van der Waals surface area contributed by atoms with Crippen molar-refractivity contribution < 1.29 is 19.4 Å². The molecule has 3 rings (SSSR count). The number of hydrogen-bond donors (Lipinski definition) is 2. The van der Waals surface area contributed by atoms with E-state index in [1.54, 1.807) is 12.1 Å².